The fraction of sp³-hybridized carbons (Fsp3) is 0.833. The number of rotatable bonds is 4. The summed E-state index contributed by atoms with van der Waals surface area (Å²) in [4.78, 5) is 22.2. The van der Waals surface area contributed by atoms with Gasteiger partial charge in [0.05, 0.1) is 6.10 Å². The Labute approximate surface area is 112 Å². The Morgan fingerprint density at radius 3 is 1.84 bits per heavy atom. The molecule has 1 rings (SSSR count). The number of carbonyl (C=O) groups excluding carboxylic acids is 2. The lowest BCUT2D eigenvalue weighted by Crippen LogP contribution is -2.60. The Bertz CT molecular complexity index is 330. The van der Waals surface area contributed by atoms with Crippen LogP contribution in [0.3, 0.4) is 0 Å². The molecule has 5 unspecified atom stereocenters. The first kappa shape index (κ1) is 15.9. The van der Waals surface area contributed by atoms with E-state index in [1.807, 2.05) is 0 Å². The Hall–Kier alpha value is -1.18. The summed E-state index contributed by atoms with van der Waals surface area (Å²) in [6, 6.07) is 0. The fourth-order valence-corrected chi connectivity index (χ4v) is 2.14. The van der Waals surface area contributed by atoms with Gasteiger partial charge in [0, 0.05) is 28.1 Å². The molecule has 7 heteroatoms. The molecule has 1 heterocycles. The van der Waals surface area contributed by atoms with Crippen molar-refractivity contribution in [1.82, 2.24) is 0 Å². The molecule has 0 spiro atoms. The topological polar surface area (TPSA) is 80.3 Å². The molecule has 5 atom stereocenters. The molecule has 0 amide bonds. The van der Waals surface area contributed by atoms with Gasteiger partial charge >= 0.3 is 11.9 Å². The van der Waals surface area contributed by atoms with Gasteiger partial charge in [-0.2, -0.15) is 0 Å². The van der Waals surface area contributed by atoms with Crippen molar-refractivity contribution in [3.05, 3.63) is 0 Å². The van der Waals surface area contributed by atoms with Crippen LogP contribution < -0.4 is 0 Å². The van der Waals surface area contributed by atoms with Crippen LogP contribution in [-0.4, -0.2) is 56.9 Å². The molecule has 0 bridgehead atoms. The summed E-state index contributed by atoms with van der Waals surface area (Å²) < 4.78 is 26.3. The van der Waals surface area contributed by atoms with Crippen molar-refractivity contribution in [3.8, 4) is 0 Å². The molecule has 0 radical (unpaired) electrons. The van der Waals surface area contributed by atoms with Gasteiger partial charge in [0.1, 0.15) is 12.2 Å². The van der Waals surface area contributed by atoms with Crippen molar-refractivity contribution in [2.45, 2.75) is 51.5 Å². The lowest BCUT2D eigenvalue weighted by molar-refractivity contribution is -0.294. The molecule has 0 N–H and O–H groups in total. The average molecular weight is 276 g/mol. The van der Waals surface area contributed by atoms with Crippen LogP contribution in [-0.2, 0) is 33.3 Å². The Kier molecular flexibility index (Phi) is 5.71. The highest BCUT2D eigenvalue weighted by Crippen LogP contribution is 2.28. The number of hydrogen-bond donors (Lipinski definition) is 0. The first-order chi connectivity index (χ1) is 8.90. The molecule has 1 fully saturated rings. The Morgan fingerprint density at radius 2 is 1.42 bits per heavy atom. The van der Waals surface area contributed by atoms with Crippen molar-refractivity contribution in [2.24, 2.45) is 0 Å². The lowest BCUT2D eigenvalue weighted by atomic mass is 9.99. The molecule has 1 aliphatic rings. The van der Waals surface area contributed by atoms with Crippen LogP contribution >= 0.6 is 0 Å². The third kappa shape index (κ3) is 3.89. The van der Waals surface area contributed by atoms with Gasteiger partial charge in [-0.15, -0.1) is 0 Å². The van der Waals surface area contributed by atoms with Gasteiger partial charge in [-0.25, -0.2) is 0 Å². The fourth-order valence-electron chi connectivity index (χ4n) is 2.14. The molecular weight excluding hydrogens is 256 g/mol. The van der Waals surface area contributed by atoms with Crippen LogP contribution in [0.2, 0.25) is 0 Å². The predicted molar refractivity (Wildman–Crippen MR) is 63.2 cm³/mol. The number of ether oxygens (including phenoxy) is 5. The van der Waals surface area contributed by atoms with Gasteiger partial charge in [-0.3, -0.25) is 9.59 Å². The average Bonchev–Trinajstić information content (AvgIpc) is 2.30. The first-order valence-electron chi connectivity index (χ1n) is 5.96. The van der Waals surface area contributed by atoms with E-state index in [9.17, 15) is 9.59 Å². The van der Waals surface area contributed by atoms with Crippen LogP contribution in [0, 0.1) is 0 Å². The molecule has 19 heavy (non-hydrogen) atoms. The summed E-state index contributed by atoms with van der Waals surface area (Å²) in [5, 5.41) is 0. The predicted octanol–water partition coefficient (Wildman–Crippen LogP) is 0.256. The number of methoxy groups -OCH3 is 2. The van der Waals surface area contributed by atoms with Crippen LogP contribution in [0.5, 0.6) is 0 Å². The number of esters is 2. The van der Waals surface area contributed by atoms with Crippen molar-refractivity contribution in [1.29, 1.82) is 0 Å². The molecule has 110 valence electrons. The summed E-state index contributed by atoms with van der Waals surface area (Å²) in [7, 11) is 2.98. The number of hydrogen-bond acceptors (Lipinski definition) is 7. The van der Waals surface area contributed by atoms with Gasteiger partial charge in [-0.05, 0) is 6.92 Å². The zero-order valence-corrected chi connectivity index (χ0v) is 11.7. The van der Waals surface area contributed by atoms with E-state index < -0.39 is 36.5 Å². The molecule has 7 nitrogen and oxygen atoms in total. The minimum Gasteiger partial charge on any atom is -0.453 e. The SMILES string of the molecule is COC1C(C)OC(OC(C)=O)C(OC(C)=O)C1OC. The minimum absolute atomic E-state index is 0.369. The summed E-state index contributed by atoms with van der Waals surface area (Å²) >= 11 is 0. The first-order valence-corrected chi connectivity index (χ1v) is 5.96. The molecule has 0 aromatic carbocycles. The van der Waals surface area contributed by atoms with E-state index >= 15 is 0 Å². The van der Waals surface area contributed by atoms with Crippen LogP contribution in [0.25, 0.3) is 0 Å². The Morgan fingerprint density at radius 1 is 0.895 bits per heavy atom. The third-order valence-electron chi connectivity index (χ3n) is 2.86. The van der Waals surface area contributed by atoms with Crippen molar-refractivity contribution in [3.63, 3.8) is 0 Å². The van der Waals surface area contributed by atoms with Gasteiger partial charge in [-0.1, -0.05) is 0 Å². The molecule has 0 saturated carbocycles. The van der Waals surface area contributed by atoms with E-state index in [1.165, 1.54) is 28.1 Å². The normalized spacial score (nSPS) is 34.7. The van der Waals surface area contributed by atoms with Gasteiger partial charge in [0.2, 0.25) is 6.29 Å². The van der Waals surface area contributed by atoms with Gasteiger partial charge < -0.3 is 23.7 Å². The van der Waals surface area contributed by atoms with Crippen molar-refractivity contribution < 1.29 is 33.3 Å². The highest BCUT2D eigenvalue weighted by Gasteiger charge is 2.48. The second-order valence-corrected chi connectivity index (χ2v) is 4.29. The second kappa shape index (κ2) is 6.83. The zero-order valence-electron chi connectivity index (χ0n) is 11.7. The molecular formula is C12H20O7. The van der Waals surface area contributed by atoms with E-state index in [1.54, 1.807) is 6.92 Å². The Balaban J connectivity index is 2.95. The van der Waals surface area contributed by atoms with E-state index in [0.29, 0.717) is 0 Å². The monoisotopic (exact) mass is 276 g/mol. The maximum absolute atomic E-state index is 11.2. The van der Waals surface area contributed by atoms with Gasteiger partial charge in [0.25, 0.3) is 0 Å². The number of carbonyl (C=O) groups is 2. The summed E-state index contributed by atoms with van der Waals surface area (Å²) in [6.45, 7) is 4.28. The van der Waals surface area contributed by atoms with Crippen LogP contribution in [0.1, 0.15) is 20.8 Å². The highest BCUT2D eigenvalue weighted by atomic mass is 16.7. The molecule has 1 saturated heterocycles. The summed E-state index contributed by atoms with van der Waals surface area (Å²) in [5.41, 5.74) is 0. The maximum Gasteiger partial charge on any atom is 0.305 e. The molecule has 0 aromatic rings. The van der Waals surface area contributed by atoms with Gasteiger partial charge in [0.15, 0.2) is 6.10 Å². The van der Waals surface area contributed by atoms with E-state index in [0.717, 1.165) is 0 Å². The second-order valence-electron chi connectivity index (χ2n) is 4.29. The standard InChI is InChI=1S/C12H20O7/c1-6-9(15-4)10(16-5)11(18-7(2)13)12(17-6)19-8(3)14/h6,9-12H,1-5H3. The summed E-state index contributed by atoms with van der Waals surface area (Å²) in [5.74, 6) is -1.04. The molecule has 0 aromatic heterocycles. The van der Waals surface area contributed by atoms with Crippen molar-refractivity contribution >= 4 is 11.9 Å². The highest BCUT2D eigenvalue weighted by molar-refractivity contribution is 5.67. The minimum atomic E-state index is -1.01. The molecule has 1 aliphatic heterocycles. The van der Waals surface area contributed by atoms with E-state index in [-0.39, 0.29) is 6.10 Å². The van der Waals surface area contributed by atoms with E-state index in [2.05, 4.69) is 0 Å². The zero-order chi connectivity index (χ0) is 14.6. The maximum atomic E-state index is 11.2. The smallest absolute Gasteiger partial charge is 0.305 e. The van der Waals surface area contributed by atoms with Crippen LogP contribution in [0.4, 0.5) is 0 Å². The molecule has 0 aliphatic carbocycles. The quantitative estimate of drug-likeness (QED) is 0.681. The third-order valence-corrected chi connectivity index (χ3v) is 2.86. The lowest BCUT2D eigenvalue weighted by Gasteiger charge is -2.42. The van der Waals surface area contributed by atoms with Crippen molar-refractivity contribution in [2.75, 3.05) is 14.2 Å². The van der Waals surface area contributed by atoms with Crippen LogP contribution in [0.15, 0.2) is 0 Å². The van der Waals surface area contributed by atoms with E-state index in [4.69, 9.17) is 23.7 Å². The summed E-state index contributed by atoms with van der Waals surface area (Å²) in [6.07, 6.45) is -3.26. The largest absolute Gasteiger partial charge is 0.453 e.